The molecule has 1 aliphatic heterocycles. The topological polar surface area (TPSA) is 75.0 Å². The van der Waals surface area contributed by atoms with Gasteiger partial charge >= 0.3 is 0 Å². The Bertz CT molecular complexity index is 970. The molecule has 2 aliphatic rings. The molecule has 1 aliphatic carbocycles. The van der Waals surface area contributed by atoms with Gasteiger partial charge in [0, 0.05) is 28.9 Å². The number of benzene rings is 1. The van der Waals surface area contributed by atoms with Crippen LogP contribution >= 0.6 is 11.6 Å². The van der Waals surface area contributed by atoms with Crippen LogP contribution in [0.4, 0.5) is 0 Å². The maximum Gasteiger partial charge on any atom is 0.232 e. The van der Waals surface area contributed by atoms with Crippen molar-refractivity contribution in [2.75, 3.05) is 0 Å². The molecule has 0 amide bonds. The Balaban J connectivity index is 1.37. The van der Waals surface area contributed by atoms with E-state index in [0.29, 0.717) is 30.0 Å². The van der Waals surface area contributed by atoms with Gasteiger partial charge in [-0.1, -0.05) is 11.6 Å². The molecule has 1 aromatic carbocycles. The van der Waals surface area contributed by atoms with E-state index in [1.165, 1.54) is 0 Å². The zero-order valence-corrected chi connectivity index (χ0v) is 16.0. The van der Waals surface area contributed by atoms with Gasteiger partial charge in [0.25, 0.3) is 0 Å². The molecule has 3 heterocycles. The zero-order valence-electron chi connectivity index (χ0n) is 15.3. The Kier molecular flexibility index (Phi) is 4.70. The summed E-state index contributed by atoms with van der Waals surface area (Å²) in [7, 11) is 0. The molecular formula is C20H20ClN5O2. The Morgan fingerprint density at radius 1 is 1.07 bits per heavy atom. The van der Waals surface area contributed by atoms with Crippen LogP contribution < -0.4 is 4.74 Å². The number of hydrogen-bond donors (Lipinski definition) is 0. The highest BCUT2D eigenvalue weighted by Crippen LogP contribution is 2.36. The number of fused-ring (bicyclic) bond motifs is 3. The molecule has 1 saturated carbocycles. The molecule has 0 radical (unpaired) electrons. The largest absolute Gasteiger partial charge is 0.473 e. The Morgan fingerprint density at radius 3 is 2.79 bits per heavy atom. The van der Waals surface area contributed by atoms with Crippen LogP contribution in [0.1, 0.15) is 48.8 Å². The maximum absolute atomic E-state index is 6.18. The molecule has 8 heteroatoms. The van der Waals surface area contributed by atoms with Crippen LogP contribution in [0.5, 0.6) is 5.88 Å². The van der Waals surface area contributed by atoms with Crippen LogP contribution in [0.25, 0.3) is 5.69 Å². The second kappa shape index (κ2) is 7.48. The smallest absolute Gasteiger partial charge is 0.232 e. The maximum atomic E-state index is 6.18. The molecular weight excluding hydrogens is 378 g/mol. The fourth-order valence-electron chi connectivity index (χ4n) is 4.05. The van der Waals surface area contributed by atoms with E-state index in [0.717, 1.165) is 48.6 Å². The lowest BCUT2D eigenvalue weighted by Gasteiger charge is -2.28. The van der Waals surface area contributed by atoms with Crippen molar-refractivity contribution < 1.29 is 9.47 Å². The van der Waals surface area contributed by atoms with Crippen LogP contribution in [0.15, 0.2) is 36.8 Å². The molecule has 0 saturated heterocycles. The van der Waals surface area contributed by atoms with Crippen LogP contribution in [0.3, 0.4) is 0 Å². The van der Waals surface area contributed by atoms with E-state index in [9.17, 15) is 0 Å². The van der Waals surface area contributed by atoms with E-state index in [1.807, 2.05) is 18.2 Å². The number of aromatic nitrogens is 5. The third kappa shape index (κ3) is 3.36. The van der Waals surface area contributed by atoms with Gasteiger partial charge in [0.2, 0.25) is 5.88 Å². The summed E-state index contributed by atoms with van der Waals surface area (Å²) in [6.45, 7) is 0.974. The van der Waals surface area contributed by atoms with Crippen molar-refractivity contribution in [1.29, 1.82) is 0 Å². The average molecular weight is 398 g/mol. The SMILES string of the molecule is Clc1ccc2c(c1)COCc1nnc(C3CCC(Oc4cnccn4)CC3)n1-2. The second-order valence-electron chi connectivity index (χ2n) is 7.21. The number of nitrogens with zero attached hydrogens (tertiary/aromatic N) is 5. The summed E-state index contributed by atoms with van der Waals surface area (Å²) in [5, 5.41) is 9.65. The highest BCUT2D eigenvalue weighted by Gasteiger charge is 2.30. The van der Waals surface area contributed by atoms with Gasteiger partial charge in [0.05, 0.1) is 18.5 Å². The van der Waals surface area contributed by atoms with Gasteiger partial charge < -0.3 is 9.47 Å². The van der Waals surface area contributed by atoms with Crippen molar-refractivity contribution in [1.82, 2.24) is 24.7 Å². The van der Waals surface area contributed by atoms with Gasteiger partial charge in [-0.15, -0.1) is 10.2 Å². The molecule has 0 unspecified atom stereocenters. The molecule has 144 valence electrons. The van der Waals surface area contributed by atoms with Gasteiger partial charge in [-0.2, -0.15) is 0 Å². The molecule has 3 aromatic rings. The average Bonchev–Trinajstić information content (AvgIpc) is 3.05. The van der Waals surface area contributed by atoms with E-state index in [2.05, 4.69) is 24.7 Å². The lowest BCUT2D eigenvalue weighted by atomic mass is 9.86. The molecule has 0 N–H and O–H groups in total. The third-order valence-electron chi connectivity index (χ3n) is 5.39. The van der Waals surface area contributed by atoms with Crippen LogP contribution in [0, 0.1) is 0 Å². The van der Waals surface area contributed by atoms with Gasteiger partial charge in [0.1, 0.15) is 18.5 Å². The first kappa shape index (κ1) is 17.6. The Hall–Kier alpha value is -2.51. The minimum atomic E-state index is 0.161. The van der Waals surface area contributed by atoms with Crippen molar-refractivity contribution in [2.45, 2.75) is 50.9 Å². The highest BCUT2D eigenvalue weighted by molar-refractivity contribution is 6.30. The molecule has 0 bridgehead atoms. The minimum Gasteiger partial charge on any atom is -0.473 e. The first-order valence-corrected chi connectivity index (χ1v) is 9.89. The predicted molar refractivity (Wildman–Crippen MR) is 103 cm³/mol. The van der Waals surface area contributed by atoms with E-state index in [-0.39, 0.29) is 6.10 Å². The number of rotatable bonds is 3. The summed E-state index contributed by atoms with van der Waals surface area (Å²) >= 11 is 6.18. The Morgan fingerprint density at radius 2 is 1.96 bits per heavy atom. The fraction of sp³-hybridized carbons (Fsp3) is 0.400. The van der Waals surface area contributed by atoms with E-state index < -0.39 is 0 Å². The van der Waals surface area contributed by atoms with Gasteiger partial charge in [-0.25, -0.2) is 4.98 Å². The first-order chi connectivity index (χ1) is 13.8. The quantitative estimate of drug-likeness (QED) is 0.668. The van der Waals surface area contributed by atoms with E-state index >= 15 is 0 Å². The highest BCUT2D eigenvalue weighted by atomic mass is 35.5. The summed E-state index contributed by atoms with van der Waals surface area (Å²) < 4.78 is 13.9. The first-order valence-electron chi connectivity index (χ1n) is 9.51. The minimum absolute atomic E-state index is 0.161. The summed E-state index contributed by atoms with van der Waals surface area (Å²) in [4.78, 5) is 8.27. The summed E-state index contributed by atoms with van der Waals surface area (Å²) in [5.41, 5.74) is 2.13. The second-order valence-corrected chi connectivity index (χ2v) is 7.65. The van der Waals surface area contributed by atoms with Crippen molar-refractivity contribution in [3.05, 3.63) is 59.0 Å². The molecule has 0 atom stereocenters. The van der Waals surface area contributed by atoms with Crippen molar-refractivity contribution >= 4 is 11.6 Å². The summed E-state index contributed by atoms with van der Waals surface area (Å²) in [6, 6.07) is 5.90. The van der Waals surface area contributed by atoms with Crippen LogP contribution in [-0.2, 0) is 18.0 Å². The predicted octanol–water partition coefficient (Wildman–Crippen LogP) is 3.85. The summed E-state index contributed by atoms with van der Waals surface area (Å²) in [6.07, 6.45) is 9.01. The summed E-state index contributed by atoms with van der Waals surface area (Å²) in [5.74, 6) is 2.77. The molecule has 5 rings (SSSR count). The van der Waals surface area contributed by atoms with Crippen molar-refractivity contribution in [3.63, 3.8) is 0 Å². The Labute approximate surface area is 167 Å². The molecule has 2 aromatic heterocycles. The van der Waals surface area contributed by atoms with E-state index in [4.69, 9.17) is 21.1 Å². The number of ether oxygens (including phenoxy) is 2. The van der Waals surface area contributed by atoms with Gasteiger partial charge in [-0.05, 0) is 43.9 Å². The van der Waals surface area contributed by atoms with Crippen molar-refractivity contribution in [3.8, 4) is 11.6 Å². The van der Waals surface area contributed by atoms with Crippen LogP contribution in [0.2, 0.25) is 5.02 Å². The molecule has 0 spiro atoms. The van der Waals surface area contributed by atoms with Gasteiger partial charge in [-0.3, -0.25) is 9.55 Å². The molecule has 28 heavy (non-hydrogen) atoms. The van der Waals surface area contributed by atoms with E-state index in [1.54, 1.807) is 18.6 Å². The standard InChI is InChI=1S/C20H20ClN5O2/c21-15-3-6-17-14(9-15)11-27-12-18-24-25-20(26(17)18)13-1-4-16(5-2-13)28-19-10-22-7-8-23-19/h3,6-10,13,16H,1-2,4-5,11-12H2. The fourth-order valence-corrected chi connectivity index (χ4v) is 4.24. The monoisotopic (exact) mass is 397 g/mol. The number of hydrogen-bond acceptors (Lipinski definition) is 6. The normalized spacial score (nSPS) is 21.5. The molecule has 7 nitrogen and oxygen atoms in total. The van der Waals surface area contributed by atoms with Gasteiger partial charge in [0.15, 0.2) is 5.82 Å². The van der Waals surface area contributed by atoms with Crippen LogP contribution in [-0.4, -0.2) is 30.8 Å². The van der Waals surface area contributed by atoms with Crippen molar-refractivity contribution in [2.24, 2.45) is 0 Å². The lowest BCUT2D eigenvalue weighted by molar-refractivity contribution is 0.105. The third-order valence-corrected chi connectivity index (χ3v) is 5.63. The zero-order chi connectivity index (χ0) is 18.9. The molecule has 1 fully saturated rings. The lowest BCUT2D eigenvalue weighted by Crippen LogP contribution is -2.25. The number of halogens is 1.